The largest absolute Gasteiger partial charge is 0.303 e. The van der Waals surface area contributed by atoms with Crippen LogP contribution in [-0.4, -0.2) is 30.7 Å². The highest BCUT2D eigenvalue weighted by atomic mass is 15.3. The molecule has 2 rings (SSSR count). The van der Waals surface area contributed by atoms with Gasteiger partial charge in [-0.25, -0.2) is 0 Å². The first-order chi connectivity index (χ1) is 8.85. The van der Waals surface area contributed by atoms with Crippen molar-refractivity contribution in [3.63, 3.8) is 0 Å². The van der Waals surface area contributed by atoms with Crippen LogP contribution in [0.1, 0.15) is 44.9 Å². The second kappa shape index (κ2) is 6.67. The molecular weight excluding hydrogens is 218 g/mol. The summed E-state index contributed by atoms with van der Waals surface area (Å²) in [6, 6.07) is 0. The van der Waals surface area contributed by atoms with Gasteiger partial charge >= 0.3 is 0 Å². The van der Waals surface area contributed by atoms with Crippen molar-refractivity contribution < 1.29 is 4.48 Å². The van der Waals surface area contributed by atoms with Crippen molar-refractivity contribution >= 4 is 0 Å². The van der Waals surface area contributed by atoms with Crippen molar-refractivity contribution in [2.24, 2.45) is 0 Å². The lowest BCUT2D eigenvalue weighted by atomic mass is 10.00. The van der Waals surface area contributed by atoms with Gasteiger partial charge in [0.1, 0.15) is 13.1 Å². The number of rotatable bonds is 2. The van der Waals surface area contributed by atoms with E-state index in [4.69, 9.17) is 6.42 Å². The maximum absolute atomic E-state index is 5.53. The van der Waals surface area contributed by atoms with Crippen LogP contribution in [0.3, 0.4) is 0 Å². The Kier molecular flexibility index (Phi) is 4.91. The Balaban J connectivity index is 1.95. The number of terminal acetylenes is 1. The summed E-state index contributed by atoms with van der Waals surface area (Å²) in [5, 5.41) is 0. The number of quaternary nitrogens is 1. The first-order valence-electron chi connectivity index (χ1n) is 7.31. The summed E-state index contributed by atoms with van der Waals surface area (Å²) in [4.78, 5) is 0. The predicted octanol–water partition coefficient (Wildman–Crippen LogP) is 3.12. The third-order valence-corrected chi connectivity index (χ3v) is 4.15. The maximum atomic E-state index is 5.53. The third-order valence-electron chi connectivity index (χ3n) is 4.15. The summed E-state index contributed by atoms with van der Waals surface area (Å²) >= 11 is 0. The number of allylic oxidation sites excluding steroid dienone is 2. The molecule has 0 bridgehead atoms. The van der Waals surface area contributed by atoms with Crippen LogP contribution in [0.25, 0.3) is 0 Å². The van der Waals surface area contributed by atoms with Gasteiger partial charge in [-0.2, -0.15) is 0 Å². The number of piperidine rings is 1. The summed E-state index contributed by atoms with van der Waals surface area (Å²) in [5.41, 5.74) is 1.36. The summed E-state index contributed by atoms with van der Waals surface area (Å²) in [6.45, 7) is 4.24. The quantitative estimate of drug-likeness (QED) is 0.515. The predicted molar refractivity (Wildman–Crippen MR) is 76.7 cm³/mol. The summed E-state index contributed by atoms with van der Waals surface area (Å²) in [6.07, 6.45) is 16.9. The lowest BCUT2D eigenvalue weighted by Gasteiger charge is -2.38. The van der Waals surface area contributed by atoms with Crippen molar-refractivity contribution in [3.05, 3.63) is 11.6 Å². The Bertz CT molecular complexity index is 394. The van der Waals surface area contributed by atoms with Gasteiger partial charge in [-0.15, -0.1) is 6.42 Å². The summed E-state index contributed by atoms with van der Waals surface area (Å²) < 4.78 is 1.04. The van der Waals surface area contributed by atoms with Crippen LogP contribution in [0.4, 0.5) is 0 Å². The Morgan fingerprint density at radius 2 is 1.89 bits per heavy atom. The van der Waals surface area contributed by atoms with E-state index in [1.807, 2.05) is 0 Å². The van der Waals surface area contributed by atoms with Crippen molar-refractivity contribution in [2.75, 3.05) is 26.2 Å². The van der Waals surface area contributed by atoms with Gasteiger partial charge in [-0.05, 0) is 62.4 Å². The summed E-state index contributed by atoms with van der Waals surface area (Å²) in [7, 11) is 0. The fourth-order valence-corrected chi connectivity index (χ4v) is 3.02. The number of likely N-dealkylation sites (tertiary alicyclic amines) is 1. The Morgan fingerprint density at radius 3 is 2.56 bits per heavy atom. The van der Waals surface area contributed by atoms with Gasteiger partial charge in [-0.3, -0.25) is 0 Å². The second-order valence-electron chi connectivity index (χ2n) is 5.65. The highest BCUT2D eigenvalue weighted by molar-refractivity contribution is 5.29. The van der Waals surface area contributed by atoms with Gasteiger partial charge in [0, 0.05) is 0 Å². The molecule has 0 unspecified atom stereocenters. The zero-order valence-corrected chi connectivity index (χ0v) is 11.4. The maximum Gasteiger partial charge on any atom is 0.142 e. The molecule has 1 aliphatic carbocycles. The molecule has 1 nitrogen and oxygen atoms in total. The van der Waals surface area contributed by atoms with E-state index < -0.39 is 0 Å². The minimum Gasteiger partial charge on any atom is -0.303 e. The van der Waals surface area contributed by atoms with Gasteiger partial charge in [0.05, 0.1) is 13.1 Å². The first-order valence-corrected chi connectivity index (χ1v) is 7.31. The molecule has 1 saturated heterocycles. The van der Waals surface area contributed by atoms with Crippen LogP contribution in [0.5, 0.6) is 0 Å². The van der Waals surface area contributed by atoms with Crippen LogP contribution >= 0.6 is 0 Å². The number of hydrogen-bond donors (Lipinski definition) is 0. The molecular formula is C17H24N+. The van der Waals surface area contributed by atoms with Gasteiger partial charge < -0.3 is 4.48 Å². The lowest BCUT2D eigenvalue weighted by Crippen LogP contribution is -2.51. The fraction of sp³-hybridized carbons (Fsp3) is 0.647. The Morgan fingerprint density at radius 1 is 1.06 bits per heavy atom. The first kappa shape index (κ1) is 13.3. The highest BCUT2D eigenvalue weighted by Crippen LogP contribution is 2.19. The van der Waals surface area contributed by atoms with E-state index in [2.05, 4.69) is 23.8 Å². The Labute approximate surface area is 112 Å². The van der Waals surface area contributed by atoms with Crippen LogP contribution in [0.15, 0.2) is 11.6 Å². The zero-order chi connectivity index (χ0) is 12.7. The van der Waals surface area contributed by atoms with Crippen LogP contribution < -0.4 is 0 Å². The van der Waals surface area contributed by atoms with Gasteiger partial charge in [0.2, 0.25) is 0 Å². The molecule has 1 heteroatoms. The topological polar surface area (TPSA) is 0 Å². The number of hydrogen-bond acceptors (Lipinski definition) is 0. The van der Waals surface area contributed by atoms with E-state index in [0.29, 0.717) is 0 Å². The molecule has 1 aliphatic heterocycles. The molecule has 0 saturated carbocycles. The Hall–Kier alpha value is -1.18. The smallest absolute Gasteiger partial charge is 0.142 e. The molecule has 0 atom stereocenters. The molecule has 0 amide bonds. The standard InChI is InChI=1S/C17H24N/c1-2-13-18(14-7-4-8-15-18)16-9-12-17-10-5-3-6-11-17/h1,10H,3-8,11,13-16H2/q+1. The molecule has 1 fully saturated rings. The van der Waals surface area contributed by atoms with Gasteiger partial charge in [0.15, 0.2) is 0 Å². The minimum atomic E-state index is 0.855. The van der Waals surface area contributed by atoms with Crippen molar-refractivity contribution in [2.45, 2.75) is 44.9 Å². The molecule has 0 N–H and O–H groups in total. The molecule has 0 aromatic carbocycles. The van der Waals surface area contributed by atoms with E-state index in [-0.39, 0.29) is 0 Å². The fourth-order valence-electron chi connectivity index (χ4n) is 3.02. The van der Waals surface area contributed by atoms with Gasteiger partial charge in [-0.1, -0.05) is 12.0 Å². The SMILES string of the molecule is C#CC[N+]1(CC#CC2=CCCCC2)CCCCC1. The number of nitrogens with zero attached hydrogens (tertiary/aromatic N) is 1. The van der Waals surface area contributed by atoms with Crippen molar-refractivity contribution in [3.8, 4) is 24.2 Å². The molecule has 96 valence electrons. The molecule has 0 aromatic heterocycles. The minimum absolute atomic E-state index is 0.855. The van der Waals surface area contributed by atoms with E-state index >= 15 is 0 Å². The van der Waals surface area contributed by atoms with Crippen LogP contribution in [0, 0.1) is 24.2 Å². The molecule has 0 spiro atoms. The van der Waals surface area contributed by atoms with E-state index in [1.165, 1.54) is 63.6 Å². The average molecular weight is 242 g/mol. The second-order valence-corrected chi connectivity index (χ2v) is 5.65. The molecule has 1 heterocycles. The molecule has 18 heavy (non-hydrogen) atoms. The van der Waals surface area contributed by atoms with Gasteiger partial charge in [0.25, 0.3) is 0 Å². The lowest BCUT2D eigenvalue weighted by molar-refractivity contribution is -0.919. The summed E-state index contributed by atoms with van der Waals surface area (Å²) in [5.74, 6) is 9.64. The normalized spacial score (nSPS) is 22.3. The van der Waals surface area contributed by atoms with Crippen LogP contribution in [-0.2, 0) is 0 Å². The van der Waals surface area contributed by atoms with Crippen molar-refractivity contribution in [1.29, 1.82) is 0 Å². The van der Waals surface area contributed by atoms with E-state index in [1.54, 1.807) is 0 Å². The zero-order valence-electron chi connectivity index (χ0n) is 11.4. The van der Waals surface area contributed by atoms with E-state index in [9.17, 15) is 0 Å². The highest BCUT2D eigenvalue weighted by Gasteiger charge is 2.27. The monoisotopic (exact) mass is 242 g/mol. The van der Waals surface area contributed by atoms with Crippen molar-refractivity contribution in [1.82, 2.24) is 0 Å². The molecule has 0 radical (unpaired) electrons. The third kappa shape index (κ3) is 3.66. The molecule has 2 aliphatic rings. The van der Waals surface area contributed by atoms with Crippen LogP contribution in [0.2, 0.25) is 0 Å². The molecule has 0 aromatic rings. The van der Waals surface area contributed by atoms with E-state index in [0.717, 1.165) is 17.6 Å². The average Bonchev–Trinajstić information content (AvgIpc) is 2.41.